The van der Waals surface area contributed by atoms with Crippen LogP contribution in [0.4, 0.5) is 30.6 Å². The Hall–Kier alpha value is -3.69. The molecule has 0 saturated carbocycles. The highest BCUT2D eigenvalue weighted by Crippen LogP contribution is 2.42. The third-order valence-corrected chi connectivity index (χ3v) is 4.21. The standard InChI is InChI=1S/C19H15F3N4O3/c1-27-12-5-3-11(4-6-12)24-18-25-16(15(17(23)26-18)19(20,21)22)10-2-7-13-14(8-10)29-9-28-13/h2-8H,9H2,1H3,(H3,23,24,25,26). The summed E-state index contributed by atoms with van der Waals surface area (Å²) in [6.07, 6.45) is -4.74. The van der Waals surface area contributed by atoms with Gasteiger partial charge >= 0.3 is 6.18 Å². The average molecular weight is 404 g/mol. The van der Waals surface area contributed by atoms with Gasteiger partial charge in [0, 0.05) is 11.3 Å². The number of nitrogens with zero attached hydrogens (tertiary/aromatic N) is 2. The molecule has 0 radical (unpaired) electrons. The summed E-state index contributed by atoms with van der Waals surface area (Å²) in [7, 11) is 1.53. The minimum Gasteiger partial charge on any atom is -0.497 e. The van der Waals surface area contributed by atoms with Crippen molar-refractivity contribution in [1.82, 2.24) is 9.97 Å². The highest BCUT2D eigenvalue weighted by molar-refractivity contribution is 5.73. The fourth-order valence-corrected chi connectivity index (χ4v) is 2.87. The van der Waals surface area contributed by atoms with Gasteiger partial charge in [-0.1, -0.05) is 0 Å². The first-order valence-corrected chi connectivity index (χ1v) is 8.41. The molecule has 2 heterocycles. The number of alkyl halides is 3. The number of anilines is 3. The fraction of sp³-hybridized carbons (Fsp3) is 0.158. The molecular formula is C19H15F3N4O3. The van der Waals surface area contributed by atoms with E-state index in [4.69, 9.17) is 19.9 Å². The number of nitrogens with two attached hydrogens (primary N) is 1. The number of halogens is 3. The molecule has 7 nitrogen and oxygen atoms in total. The van der Waals surface area contributed by atoms with Crippen molar-refractivity contribution in [3.05, 3.63) is 48.0 Å². The molecule has 1 aliphatic heterocycles. The largest absolute Gasteiger partial charge is 0.497 e. The predicted octanol–water partition coefficient (Wildman–Crippen LogP) is 4.23. The zero-order valence-corrected chi connectivity index (χ0v) is 15.1. The summed E-state index contributed by atoms with van der Waals surface area (Å²) in [5, 5.41) is 2.86. The molecule has 3 aromatic rings. The van der Waals surface area contributed by atoms with Gasteiger partial charge in [0.1, 0.15) is 17.1 Å². The van der Waals surface area contributed by atoms with Gasteiger partial charge in [0.25, 0.3) is 0 Å². The van der Waals surface area contributed by atoms with Crippen LogP contribution in [0, 0.1) is 0 Å². The lowest BCUT2D eigenvalue weighted by Crippen LogP contribution is -2.15. The zero-order chi connectivity index (χ0) is 20.6. The van der Waals surface area contributed by atoms with E-state index in [0.29, 0.717) is 22.9 Å². The highest BCUT2D eigenvalue weighted by Gasteiger charge is 2.38. The molecule has 2 aromatic carbocycles. The van der Waals surface area contributed by atoms with Crippen LogP contribution in [0.15, 0.2) is 42.5 Å². The van der Waals surface area contributed by atoms with Crippen LogP contribution >= 0.6 is 0 Å². The quantitative estimate of drug-likeness (QED) is 0.673. The first kappa shape index (κ1) is 18.7. The Labute approximate surface area is 163 Å². The van der Waals surface area contributed by atoms with Gasteiger partial charge in [-0.3, -0.25) is 0 Å². The van der Waals surface area contributed by atoms with Crippen LogP contribution < -0.4 is 25.3 Å². The van der Waals surface area contributed by atoms with Crippen LogP contribution in [0.3, 0.4) is 0 Å². The Balaban J connectivity index is 1.79. The van der Waals surface area contributed by atoms with Crippen molar-refractivity contribution >= 4 is 17.5 Å². The van der Waals surface area contributed by atoms with E-state index < -0.39 is 17.6 Å². The van der Waals surface area contributed by atoms with E-state index in [-0.39, 0.29) is 24.0 Å². The van der Waals surface area contributed by atoms with Crippen LogP contribution in [0.25, 0.3) is 11.3 Å². The monoisotopic (exact) mass is 404 g/mol. The molecule has 0 atom stereocenters. The number of hydrogen-bond acceptors (Lipinski definition) is 7. The van der Waals surface area contributed by atoms with Crippen LogP contribution in [0.5, 0.6) is 17.2 Å². The summed E-state index contributed by atoms with van der Waals surface area (Å²) in [6.45, 7) is 0.00109. The number of nitrogen functional groups attached to an aromatic ring is 1. The van der Waals surface area contributed by atoms with Gasteiger partial charge in [-0.15, -0.1) is 0 Å². The Bertz CT molecular complexity index is 1060. The minimum atomic E-state index is -4.74. The third kappa shape index (κ3) is 3.68. The molecular weight excluding hydrogens is 389 g/mol. The summed E-state index contributed by atoms with van der Waals surface area (Å²) in [5.41, 5.74) is 4.93. The van der Waals surface area contributed by atoms with E-state index in [0.717, 1.165) is 0 Å². The predicted molar refractivity (Wildman–Crippen MR) is 99.3 cm³/mol. The molecule has 0 bridgehead atoms. The SMILES string of the molecule is COc1ccc(Nc2nc(N)c(C(F)(F)F)c(-c3ccc4c(c3)OCO4)n2)cc1. The second kappa shape index (κ2) is 7.04. The van der Waals surface area contributed by atoms with Crippen molar-refractivity contribution in [2.45, 2.75) is 6.18 Å². The maximum absolute atomic E-state index is 13.7. The maximum Gasteiger partial charge on any atom is 0.422 e. The Kier molecular flexibility index (Phi) is 4.53. The number of benzene rings is 2. The lowest BCUT2D eigenvalue weighted by Gasteiger charge is -2.16. The zero-order valence-electron chi connectivity index (χ0n) is 15.1. The molecule has 1 aliphatic rings. The minimum absolute atomic E-state index is 0.00109. The van der Waals surface area contributed by atoms with Crippen LogP contribution in [-0.4, -0.2) is 23.9 Å². The second-order valence-corrected chi connectivity index (χ2v) is 6.08. The van der Waals surface area contributed by atoms with Gasteiger partial charge < -0.3 is 25.3 Å². The molecule has 1 aromatic heterocycles. The number of nitrogens with one attached hydrogen (secondary N) is 1. The molecule has 3 N–H and O–H groups in total. The van der Waals surface area contributed by atoms with Crippen LogP contribution in [0.2, 0.25) is 0 Å². The summed E-state index contributed by atoms with van der Waals surface area (Å²) in [5.74, 6) is 0.646. The molecule has 150 valence electrons. The molecule has 0 amide bonds. The maximum atomic E-state index is 13.7. The first-order chi connectivity index (χ1) is 13.8. The summed E-state index contributed by atoms with van der Waals surface area (Å²) in [6, 6.07) is 11.1. The molecule has 29 heavy (non-hydrogen) atoms. The Morgan fingerprint density at radius 1 is 1.03 bits per heavy atom. The Morgan fingerprint density at radius 3 is 2.45 bits per heavy atom. The lowest BCUT2D eigenvalue weighted by atomic mass is 10.1. The molecule has 0 spiro atoms. The summed E-state index contributed by atoms with van der Waals surface area (Å²) >= 11 is 0. The normalized spacial score (nSPS) is 12.7. The highest BCUT2D eigenvalue weighted by atomic mass is 19.4. The second-order valence-electron chi connectivity index (χ2n) is 6.08. The van der Waals surface area contributed by atoms with Crippen molar-refractivity contribution in [2.75, 3.05) is 25.0 Å². The summed E-state index contributed by atoms with van der Waals surface area (Å²) < 4.78 is 56.5. The fourth-order valence-electron chi connectivity index (χ4n) is 2.87. The number of hydrogen-bond donors (Lipinski definition) is 2. The van der Waals surface area contributed by atoms with Crippen molar-refractivity contribution in [2.24, 2.45) is 0 Å². The first-order valence-electron chi connectivity index (χ1n) is 8.41. The van der Waals surface area contributed by atoms with Crippen LogP contribution in [0.1, 0.15) is 5.56 Å². The lowest BCUT2D eigenvalue weighted by molar-refractivity contribution is -0.136. The number of fused-ring (bicyclic) bond motifs is 1. The van der Waals surface area contributed by atoms with Gasteiger partial charge in [-0.05, 0) is 42.5 Å². The van der Waals surface area contributed by atoms with Gasteiger partial charge in [0.15, 0.2) is 11.5 Å². The molecule has 4 rings (SSSR count). The van der Waals surface area contributed by atoms with Gasteiger partial charge in [0.2, 0.25) is 12.7 Å². The molecule has 0 aliphatic carbocycles. The molecule has 0 saturated heterocycles. The van der Waals surface area contributed by atoms with E-state index in [1.165, 1.54) is 25.3 Å². The molecule has 0 fully saturated rings. The summed E-state index contributed by atoms with van der Waals surface area (Å²) in [4.78, 5) is 7.87. The van der Waals surface area contributed by atoms with Crippen molar-refractivity contribution in [3.8, 4) is 28.5 Å². The van der Waals surface area contributed by atoms with Gasteiger partial charge in [-0.2, -0.15) is 18.2 Å². The topological polar surface area (TPSA) is 91.5 Å². The van der Waals surface area contributed by atoms with Crippen molar-refractivity contribution in [1.29, 1.82) is 0 Å². The third-order valence-electron chi connectivity index (χ3n) is 4.21. The van der Waals surface area contributed by atoms with E-state index in [2.05, 4.69) is 15.3 Å². The number of aromatic nitrogens is 2. The van der Waals surface area contributed by atoms with Crippen molar-refractivity contribution < 1.29 is 27.4 Å². The van der Waals surface area contributed by atoms with Crippen molar-refractivity contribution in [3.63, 3.8) is 0 Å². The molecule has 10 heteroatoms. The molecule has 0 unspecified atom stereocenters. The van der Waals surface area contributed by atoms with Gasteiger partial charge in [0.05, 0.1) is 12.8 Å². The van der Waals surface area contributed by atoms with Gasteiger partial charge in [-0.25, -0.2) is 4.98 Å². The van der Waals surface area contributed by atoms with Crippen LogP contribution in [-0.2, 0) is 6.18 Å². The Morgan fingerprint density at radius 2 is 1.76 bits per heavy atom. The average Bonchev–Trinajstić information content (AvgIpc) is 3.15. The van der Waals surface area contributed by atoms with E-state index in [1.807, 2.05) is 0 Å². The van der Waals surface area contributed by atoms with E-state index in [1.54, 1.807) is 24.3 Å². The van der Waals surface area contributed by atoms with E-state index in [9.17, 15) is 13.2 Å². The number of rotatable bonds is 4. The smallest absolute Gasteiger partial charge is 0.422 e. The number of ether oxygens (including phenoxy) is 3. The van der Waals surface area contributed by atoms with E-state index >= 15 is 0 Å². The number of methoxy groups -OCH3 is 1.